The first-order valence-electron chi connectivity index (χ1n) is 11.8. The molecule has 4 heterocycles. The van der Waals surface area contributed by atoms with Crippen LogP contribution < -0.4 is 5.32 Å². The van der Waals surface area contributed by atoms with E-state index in [-0.39, 0.29) is 11.8 Å². The molecule has 4 atom stereocenters. The van der Waals surface area contributed by atoms with Gasteiger partial charge in [0.15, 0.2) is 0 Å². The second kappa shape index (κ2) is 9.90. The molecule has 1 N–H and O–H groups in total. The number of piperidine rings is 3. The molecule has 0 spiro atoms. The van der Waals surface area contributed by atoms with E-state index in [1.807, 2.05) is 18.2 Å². The van der Waals surface area contributed by atoms with E-state index >= 15 is 0 Å². The molecule has 0 aliphatic carbocycles. The van der Waals surface area contributed by atoms with Crippen LogP contribution in [0.2, 0.25) is 0 Å². The van der Waals surface area contributed by atoms with Gasteiger partial charge in [-0.1, -0.05) is 6.07 Å². The van der Waals surface area contributed by atoms with Crippen LogP contribution in [0.3, 0.4) is 0 Å². The summed E-state index contributed by atoms with van der Waals surface area (Å²) in [5.74, 6) is 1.53. The molecule has 0 saturated carbocycles. The van der Waals surface area contributed by atoms with Gasteiger partial charge in [-0.05, 0) is 75.6 Å². The van der Waals surface area contributed by atoms with Crippen molar-refractivity contribution >= 4 is 11.8 Å². The largest absolute Gasteiger partial charge is 0.356 e. The molecule has 164 valence electrons. The summed E-state index contributed by atoms with van der Waals surface area (Å²) in [5.41, 5.74) is 1.00. The minimum atomic E-state index is 0.108. The molecule has 3 saturated heterocycles. The van der Waals surface area contributed by atoms with Gasteiger partial charge in [-0.3, -0.25) is 19.5 Å². The van der Waals surface area contributed by atoms with E-state index in [0.717, 1.165) is 31.5 Å². The van der Waals surface area contributed by atoms with Gasteiger partial charge in [-0.25, -0.2) is 0 Å². The first kappa shape index (κ1) is 21.3. The van der Waals surface area contributed by atoms with Crippen LogP contribution in [-0.2, 0) is 16.0 Å². The number of carbonyl (C=O) groups is 2. The summed E-state index contributed by atoms with van der Waals surface area (Å²) >= 11 is 0. The molecular formula is C24H36N4O2. The predicted octanol–water partition coefficient (Wildman–Crippen LogP) is 2.63. The summed E-state index contributed by atoms with van der Waals surface area (Å²) in [6.45, 7) is 5.71. The standard InChI is InChI=1S/C24H36N4O2/c1-18(29)28-17-19-7-5-15-27-16-6-9-21(24(19)27)22(28)10-4-11-23(30)26-14-12-20-8-2-3-13-25-20/h2-3,8,13,19,21-22,24H,4-7,9-12,14-17H2,1H3,(H,26,30)/t19-,21+,22+,24-/m0/s1. The molecular weight excluding hydrogens is 376 g/mol. The summed E-state index contributed by atoms with van der Waals surface area (Å²) in [6.07, 6.45) is 9.85. The SMILES string of the molecule is CC(=O)N1C[C@@H]2CCCN3CCC[C@@H]([C@H]23)[C@H]1CCCC(=O)NCCc1ccccn1. The van der Waals surface area contributed by atoms with Gasteiger partial charge in [0, 0.05) is 56.8 Å². The number of aromatic nitrogens is 1. The zero-order valence-corrected chi connectivity index (χ0v) is 18.3. The van der Waals surface area contributed by atoms with Crippen molar-refractivity contribution in [1.82, 2.24) is 20.1 Å². The first-order valence-corrected chi connectivity index (χ1v) is 11.8. The summed E-state index contributed by atoms with van der Waals surface area (Å²) in [7, 11) is 0. The highest BCUT2D eigenvalue weighted by Gasteiger charge is 2.48. The van der Waals surface area contributed by atoms with Gasteiger partial charge in [-0.2, -0.15) is 0 Å². The molecule has 4 rings (SSSR count). The molecule has 0 bridgehead atoms. The summed E-state index contributed by atoms with van der Waals surface area (Å²) < 4.78 is 0. The number of pyridine rings is 1. The lowest BCUT2D eigenvalue weighted by molar-refractivity contribution is -0.144. The number of nitrogens with one attached hydrogen (secondary N) is 1. The zero-order valence-electron chi connectivity index (χ0n) is 18.3. The summed E-state index contributed by atoms with van der Waals surface area (Å²) in [5, 5.41) is 3.02. The Balaban J connectivity index is 1.28. The van der Waals surface area contributed by atoms with Crippen LogP contribution in [0.15, 0.2) is 24.4 Å². The highest BCUT2D eigenvalue weighted by molar-refractivity contribution is 5.76. The Morgan fingerprint density at radius 3 is 2.80 bits per heavy atom. The number of amides is 2. The number of hydrogen-bond acceptors (Lipinski definition) is 4. The van der Waals surface area contributed by atoms with E-state index < -0.39 is 0 Å². The van der Waals surface area contributed by atoms with Gasteiger partial charge in [0.25, 0.3) is 0 Å². The van der Waals surface area contributed by atoms with E-state index in [9.17, 15) is 9.59 Å². The van der Waals surface area contributed by atoms with E-state index in [1.54, 1.807) is 13.1 Å². The van der Waals surface area contributed by atoms with Crippen molar-refractivity contribution in [3.8, 4) is 0 Å². The van der Waals surface area contributed by atoms with Crippen molar-refractivity contribution in [2.24, 2.45) is 11.8 Å². The molecule has 3 aliphatic heterocycles. The number of hydrogen-bond donors (Lipinski definition) is 1. The Morgan fingerprint density at radius 1 is 1.20 bits per heavy atom. The lowest BCUT2D eigenvalue weighted by atomic mass is 9.69. The lowest BCUT2D eigenvalue weighted by Gasteiger charge is -2.57. The van der Waals surface area contributed by atoms with Crippen LogP contribution in [0.4, 0.5) is 0 Å². The molecule has 0 unspecified atom stereocenters. The van der Waals surface area contributed by atoms with Crippen LogP contribution in [-0.4, -0.2) is 64.9 Å². The van der Waals surface area contributed by atoms with Gasteiger partial charge < -0.3 is 10.2 Å². The maximum absolute atomic E-state index is 12.4. The fourth-order valence-corrected chi connectivity index (χ4v) is 6.16. The van der Waals surface area contributed by atoms with Crippen molar-refractivity contribution in [2.75, 3.05) is 26.2 Å². The first-order chi connectivity index (χ1) is 14.6. The molecule has 6 nitrogen and oxygen atoms in total. The number of rotatable bonds is 7. The normalized spacial score (nSPS) is 28.6. The average Bonchev–Trinajstić information content (AvgIpc) is 2.76. The Kier molecular flexibility index (Phi) is 7.03. The zero-order chi connectivity index (χ0) is 20.9. The maximum atomic E-state index is 12.4. The van der Waals surface area contributed by atoms with Crippen molar-refractivity contribution < 1.29 is 9.59 Å². The molecule has 1 aromatic rings. The van der Waals surface area contributed by atoms with Crippen LogP contribution in [0.25, 0.3) is 0 Å². The van der Waals surface area contributed by atoms with Crippen LogP contribution >= 0.6 is 0 Å². The third-order valence-electron chi connectivity index (χ3n) is 7.41. The Labute approximate surface area is 180 Å². The second-order valence-electron chi connectivity index (χ2n) is 9.29. The molecule has 1 aromatic heterocycles. The second-order valence-corrected chi connectivity index (χ2v) is 9.29. The van der Waals surface area contributed by atoms with Gasteiger partial charge in [0.2, 0.25) is 11.8 Å². The van der Waals surface area contributed by atoms with E-state index in [4.69, 9.17) is 0 Å². The third kappa shape index (κ3) is 4.85. The van der Waals surface area contributed by atoms with Gasteiger partial charge in [-0.15, -0.1) is 0 Å². The summed E-state index contributed by atoms with van der Waals surface area (Å²) in [4.78, 5) is 33.9. The lowest BCUT2D eigenvalue weighted by Crippen LogP contribution is -2.65. The third-order valence-corrected chi connectivity index (χ3v) is 7.41. The minimum Gasteiger partial charge on any atom is -0.356 e. The monoisotopic (exact) mass is 412 g/mol. The Hall–Kier alpha value is -1.95. The van der Waals surface area contributed by atoms with E-state index in [0.29, 0.717) is 36.9 Å². The predicted molar refractivity (Wildman–Crippen MR) is 117 cm³/mol. The van der Waals surface area contributed by atoms with E-state index in [1.165, 1.54) is 38.8 Å². The fourth-order valence-electron chi connectivity index (χ4n) is 6.16. The average molecular weight is 413 g/mol. The fraction of sp³-hybridized carbons (Fsp3) is 0.708. The van der Waals surface area contributed by atoms with Gasteiger partial charge >= 0.3 is 0 Å². The molecule has 0 radical (unpaired) electrons. The highest BCUT2D eigenvalue weighted by atomic mass is 16.2. The Bertz CT molecular complexity index is 723. The van der Waals surface area contributed by atoms with E-state index in [2.05, 4.69) is 20.1 Å². The number of carbonyl (C=O) groups excluding carboxylic acids is 2. The van der Waals surface area contributed by atoms with Crippen molar-refractivity contribution in [1.29, 1.82) is 0 Å². The molecule has 3 aliphatic rings. The molecule has 2 amide bonds. The van der Waals surface area contributed by atoms with Crippen LogP contribution in [0, 0.1) is 11.8 Å². The number of nitrogens with zero attached hydrogens (tertiary/aromatic N) is 3. The van der Waals surface area contributed by atoms with Crippen LogP contribution in [0.1, 0.15) is 57.6 Å². The van der Waals surface area contributed by atoms with Gasteiger partial charge in [0.1, 0.15) is 0 Å². The molecule has 0 aromatic carbocycles. The quantitative estimate of drug-likeness (QED) is 0.748. The van der Waals surface area contributed by atoms with Crippen molar-refractivity contribution in [3.63, 3.8) is 0 Å². The molecule has 3 fully saturated rings. The highest BCUT2D eigenvalue weighted by Crippen LogP contribution is 2.43. The molecule has 30 heavy (non-hydrogen) atoms. The van der Waals surface area contributed by atoms with Crippen molar-refractivity contribution in [3.05, 3.63) is 30.1 Å². The molecule has 6 heteroatoms. The maximum Gasteiger partial charge on any atom is 0.220 e. The summed E-state index contributed by atoms with van der Waals surface area (Å²) in [6, 6.07) is 6.81. The Morgan fingerprint density at radius 2 is 2.03 bits per heavy atom. The van der Waals surface area contributed by atoms with Crippen LogP contribution in [0.5, 0.6) is 0 Å². The topological polar surface area (TPSA) is 65.5 Å². The minimum absolute atomic E-state index is 0.108. The van der Waals surface area contributed by atoms with Crippen molar-refractivity contribution in [2.45, 2.75) is 70.4 Å². The smallest absolute Gasteiger partial charge is 0.220 e. The number of likely N-dealkylation sites (tertiary alicyclic amines) is 1. The van der Waals surface area contributed by atoms with Gasteiger partial charge in [0.05, 0.1) is 0 Å².